The Morgan fingerprint density at radius 1 is 1.30 bits per heavy atom. The number of nitrogens with one attached hydrogen (secondary N) is 1. The molecular formula is C16H25N3O3S. The van der Waals surface area contributed by atoms with E-state index in [9.17, 15) is 4.79 Å². The molecule has 1 aromatic heterocycles. The van der Waals surface area contributed by atoms with E-state index >= 15 is 0 Å². The van der Waals surface area contributed by atoms with E-state index in [1.54, 1.807) is 14.2 Å². The summed E-state index contributed by atoms with van der Waals surface area (Å²) >= 11 is 1.53. The molecule has 0 spiro atoms. The zero-order chi connectivity index (χ0) is 16.4. The number of ether oxygens (including phenoxy) is 2. The number of nitrogens with zero attached hydrogens (tertiary/aromatic N) is 2. The highest BCUT2D eigenvalue weighted by Crippen LogP contribution is 2.26. The Labute approximate surface area is 141 Å². The number of aromatic nitrogens is 1. The number of fused-ring (bicyclic) bond motifs is 1. The first-order valence-electron chi connectivity index (χ1n) is 8.14. The Kier molecular flexibility index (Phi) is 5.31. The summed E-state index contributed by atoms with van der Waals surface area (Å²) in [5, 5.41) is 3.72. The van der Waals surface area contributed by atoms with Crippen LogP contribution in [0.1, 0.15) is 39.6 Å². The second-order valence-corrected chi connectivity index (χ2v) is 7.49. The largest absolute Gasteiger partial charge is 0.379 e. The van der Waals surface area contributed by atoms with E-state index in [4.69, 9.17) is 9.47 Å². The molecule has 6 nitrogen and oxygen atoms in total. The van der Waals surface area contributed by atoms with Crippen LogP contribution in [0.3, 0.4) is 0 Å². The van der Waals surface area contributed by atoms with Gasteiger partial charge in [-0.25, -0.2) is 4.98 Å². The van der Waals surface area contributed by atoms with E-state index < -0.39 is 0 Å². The number of carbonyl (C=O) groups excluding carboxylic acids is 1. The lowest BCUT2D eigenvalue weighted by Gasteiger charge is -2.34. The fourth-order valence-electron chi connectivity index (χ4n) is 3.42. The number of likely N-dealkylation sites (N-methyl/N-ethyl adjacent to an activating group) is 1. The first-order valence-corrected chi connectivity index (χ1v) is 8.96. The number of hydrogen-bond acceptors (Lipinski definition) is 6. The van der Waals surface area contributed by atoms with Crippen LogP contribution in [-0.2, 0) is 22.4 Å². The van der Waals surface area contributed by atoms with Crippen molar-refractivity contribution in [1.29, 1.82) is 0 Å². The normalized spacial score (nSPS) is 28.4. The van der Waals surface area contributed by atoms with Gasteiger partial charge in [0.05, 0.1) is 17.9 Å². The van der Waals surface area contributed by atoms with Gasteiger partial charge in [0.1, 0.15) is 0 Å². The van der Waals surface area contributed by atoms with Crippen LogP contribution in [0.4, 0.5) is 0 Å². The molecule has 1 aliphatic carbocycles. The predicted molar refractivity (Wildman–Crippen MR) is 88.9 cm³/mol. The molecule has 1 N–H and O–H groups in total. The molecule has 128 valence electrons. The Morgan fingerprint density at radius 3 is 2.83 bits per heavy atom. The van der Waals surface area contributed by atoms with Gasteiger partial charge < -0.3 is 19.7 Å². The van der Waals surface area contributed by atoms with E-state index in [2.05, 4.69) is 22.2 Å². The topological polar surface area (TPSA) is 63.7 Å². The van der Waals surface area contributed by atoms with E-state index in [1.165, 1.54) is 16.2 Å². The van der Waals surface area contributed by atoms with Crippen LogP contribution in [-0.4, -0.2) is 61.9 Å². The molecular weight excluding hydrogens is 314 g/mol. The van der Waals surface area contributed by atoms with Crippen LogP contribution >= 0.6 is 11.3 Å². The van der Waals surface area contributed by atoms with Gasteiger partial charge in [0, 0.05) is 44.6 Å². The molecule has 2 heterocycles. The summed E-state index contributed by atoms with van der Waals surface area (Å²) in [6, 6.07) is 0.127. The highest BCUT2D eigenvalue weighted by Gasteiger charge is 2.32. The van der Waals surface area contributed by atoms with Crippen LogP contribution < -0.4 is 5.32 Å². The van der Waals surface area contributed by atoms with Gasteiger partial charge in [-0.1, -0.05) is 0 Å². The van der Waals surface area contributed by atoms with Gasteiger partial charge in [-0.2, -0.15) is 0 Å². The molecule has 0 bridgehead atoms. The van der Waals surface area contributed by atoms with Gasteiger partial charge >= 0.3 is 0 Å². The van der Waals surface area contributed by atoms with Crippen LogP contribution in [0, 0.1) is 0 Å². The lowest BCUT2D eigenvalue weighted by atomic mass is 9.90. The summed E-state index contributed by atoms with van der Waals surface area (Å²) in [7, 11) is 5.51. The molecule has 1 aliphatic heterocycles. The third-order valence-corrected chi connectivity index (χ3v) is 5.87. The van der Waals surface area contributed by atoms with Gasteiger partial charge in [-0.15, -0.1) is 11.3 Å². The molecule has 0 saturated heterocycles. The summed E-state index contributed by atoms with van der Waals surface area (Å²) in [4.78, 5) is 20.5. The zero-order valence-electron chi connectivity index (χ0n) is 14.0. The molecule has 3 atom stereocenters. The molecule has 1 amide bonds. The molecule has 7 heteroatoms. The number of thiazole rings is 1. The molecule has 1 saturated carbocycles. The smallest absolute Gasteiger partial charge is 0.280 e. The summed E-state index contributed by atoms with van der Waals surface area (Å²) in [5.41, 5.74) is 1.09. The first-order chi connectivity index (χ1) is 11.1. The van der Waals surface area contributed by atoms with Crippen LogP contribution in [0.25, 0.3) is 0 Å². The molecule has 1 fully saturated rings. The highest BCUT2D eigenvalue weighted by atomic mass is 32.1. The summed E-state index contributed by atoms with van der Waals surface area (Å²) in [6.07, 6.45) is 3.69. The minimum absolute atomic E-state index is 0.0391. The van der Waals surface area contributed by atoms with E-state index in [0.717, 1.165) is 44.5 Å². The molecule has 1 aromatic rings. The Morgan fingerprint density at radius 2 is 2.09 bits per heavy atom. The molecule has 0 radical (unpaired) electrons. The quantitative estimate of drug-likeness (QED) is 0.899. The fourth-order valence-corrected chi connectivity index (χ4v) is 4.51. The standard InChI is InChI=1S/C16H25N3O3S/c1-19-7-6-11-14(9-19)23-16(18-11)15(20)17-10-4-5-12(21-2)13(8-10)22-3/h10,12-13H,4-9H2,1-3H3,(H,17,20)/t10-,12?,13?/m0/s1. The average Bonchev–Trinajstić information content (AvgIpc) is 2.97. The molecule has 3 rings (SSSR count). The number of methoxy groups -OCH3 is 2. The lowest BCUT2D eigenvalue weighted by Crippen LogP contribution is -2.46. The van der Waals surface area contributed by atoms with Crippen molar-refractivity contribution < 1.29 is 14.3 Å². The molecule has 2 unspecified atom stereocenters. The van der Waals surface area contributed by atoms with Crippen molar-refractivity contribution in [2.45, 2.75) is 50.5 Å². The van der Waals surface area contributed by atoms with Crippen molar-refractivity contribution in [2.24, 2.45) is 0 Å². The second kappa shape index (κ2) is 7.25. The summed E-state index contributed by atoms with van der Waals surface area (Å²) < 4.78 is 10.9. The summed E-state index contributed by atoms with van der Waals surface area (Å²) in [6.45, 7) is 1.90. The number of hydrogen-bond donors (Lipinski definition) is 1. The van der Waals surface area contributed by atoms with E-state index in [-0.39, 0.29) is 24.2 Å². The van der Waals surface area contributed by atoms with Gasteiger partial charge in [0.2, 0.25) is 0 Å². The maximum Gasteiger partial charge on any atom is 0.280 e. The monoisotopic (exact) mass is 339 g/mol. The van der Waals surface area contributed by atoms with Crippen LogP contribution in [0.5, 0.6) is 0 Å². The SMILES string of the molecule is COC1CC[C@H](NC(=O)c2nc3c(s2)CN(C)CC3)CC1OC. The first kappa shape index (κ1) is 16.8. The number of amides is 1. The maximum absolute atomic E-state index is 12.5. The van der Waals surface area contributed by atoms with Crippen molar-refractivity contribution in [3.63, 3.8) is 0 Å². The Hall–Kier alpha value is -1.02. The zero-order valence-corrected chi connectivity index (χ0v) is 14.8. The van der Waals surface area contributed by atoms with Crippen molar-refractivity contribution >= 4 is 17.2 Å². The van der Waals surface area contributed by atoms with Crippen molar-refractivity contribution in [2.75, 3.05) is 27.8 Å². The third-order valence-electron chi connectivity index (χ3n) is 4.79. The fraction of sp³-hybridized carbons (Fsp3) is 0.750. The van der Waals surface area contributed by atoms with Crippen LogP contribution in [0.15, 0.2) is 0 Å². The van der Waals surface area contributed by atoms with Gasteiger partial charge in [0.15, 0.2) is 5.01 Å². The number of carbonyl (C=O) groups is 1. The third kappa shape index (κ3) is 3.74. The van der Waals surface area contributed by atoms with Gasteiger partial charge in [-0.05, 0) is 26.3 Å². The minimum Gasteiger partial charge on any atom is -0.379 e. The summed E-state index contributed by atoms with van der Waals surface area (Å²) in [5.74, 6) is -0.0530. The number of rotatable bonds is 4. The van der Waals surface area contributed by atoms with Crippen molar-refractivity contribution in [3.8, 4) is 0 Å². The minimum atomic E-state index is -0.0530. The molecule has 2 aliphatic rings. The predicted octanol–water partition coefficient (Wildman–Crippen LogP) is 1.44. The Bertz CT molecular complexity index is 563. The van der Waals surface area contributed by atoms with Gasteiger partial charge in [-0.3, -0.25) is 4.79 Å². The van der Waals surface area contributed by atoms with E-state index in [0.29, 0.717) is 5.01 Å². The second-order valence-electron chi connectivity index (χ2n) is 6.41. The molecule has 0 aromatic carbocycles. The average molecular weight is 339 g/mol. The van der Waals surface area contributed by atoms with Gasteiger partial charge in [0.25, 0.3) is 5.91 Å². The van der Waals surface area contributed by atoms with Crippen LogP contribution in [0.2, 0.25) is 0 Å². The van der Waals surface area contributed by atoms with Crippen molar-refractivity contribution in [1.82, 2.24) is 15.2 Å². The van der Waals surface area contributed by atoms with E-state index in [1.807, 2.05) is 0 Å². The molecule has 23 heavy (non-hydrogen) atoms. The van der Waals surface area contributed by atoms with Crippen molar-refractivity contribution in [3.05, 3.63) is 15.6 Å². The highest BCUT2D eigenvalue weighted by molar-refractivity contribution is 7.13. The Balaban J connectivity index is 1.61. The maximum atomic E-state index is 12.5. The lowest BCUT2D eigenvalue weighted by molar-refractivity contribution is -0.0638.